The van der Waals surface area contributed by atoms with Crippen LogP contribution in [0.1, 0.15) is 22.8 Å². The summed E-state index contributed by atoms with van der Waals surface area (Å²) in [5, 5.41) is 9.60. The topological polar surface area (TPSA) is 111 Å². The van der Waals surface area contributed by atoms with Crippen LogP contribution in [0.3, 0.4) is 0 Å². The number of fused-ring (bicyclic) bond motifs is 1. The Hall–Kier alpha value is -3.12. The number of allylic oxidation sites excluding steroid dienone is 5. The number of benzene rings is 1. The van der Waals surface area contributed by atoms with Crippen molar-refractivity contribution in [1.82, 2.24) is 0 Å². The Bertz CT molecular complexity index is 785. The largest absolute Gasteiger partial charge is 0.489 e. The van der Waals surface area contributed by atoms with Gasteiger partial charge in [-0.2, -0.15) is 4.99 Å². The minimum atomic E-state index is -0.616. The van der Waals surface area contributed by atoms with Crippen molar-refractivity contribution in [2.24, 2.45) is 16.5 Å². The second-order valence-electron chi connectivity index (χ2n) is 5.28. The first-order chi connectivity index (χ1) is 12.0. The van der Waals surface area contributed by atoms with Crippen molar-refractivity contribution in [3.8, 4) is 5.75 Å². The number of aliphatic hydroxyl groups excluding tert-OH is 1. The average Bonchev–Trinajstić information content (AvgIpc) is 2.58. The summed E-state index contributed by atoms with van der Waals surface area (Å²) < 4.78 is 5.57. The molecule has 1 amide bonds. The lowest BCUT2D eigenvalue weighted by Crippen LogP contribution is -2.24. The molecule has 1 aliphatic rings. The van der Waals surface area contributed by atoms with Gasteiger partial charge in [0.1, 0.15) is 12.4 Å². The molecule has 130 valence electrons. The van der Waals surface area contributed by atoms with Gasteiger partial charge in [-0.3, -0.25) is 4.79 Å². The van der Waals surface area contributed by atoms with E-state index >= 15 is 0 Å². The van der Waals surface area contributed by atoms with E-state index in [-0.39, 0.29) is 5.96 Å². The quantitative estimate of drug-likeness (QED) is 0.328. The van der Waals surface area contributed by atoms with Crippen molar-refractivity contribution < 1.29 is 14.6 Å². The molecular weight excluding hydrogens is 318 g/mol. The number of guanidine groups is 1. The van der Waals surface area contributed by atoms with Crippen LogP contribution in [0.15, 0.2) is 65.7 Å². The maximum atomic E-state index is 12.0. The molecule has 6 heteroatoms. The van der Waals surface area contributed by atoms with Gasteiger partial charge in [0, 0.05) is 11.1 Å². The fourth-order valence-electron chi connectivity index (χ4n) is 2.28. The third-order valence-corrected chi connectivity index (χ3v) is 3.40. The molecule has 0 radical (unpaired) electrons. The van der Waals surface area contributed by atoms with Crippen LogP contribution in [0.4, 0.5) is 0 Å². The molecule has 6 nitrogen and oxygen atoms in total. The van der Waals surface area contributed by atoms with Gasteiger partial charge in [0.05, 0.1) is 6.10 Å². The van der Waals surface area contributed by atoms with Crippen molar-refractivity contribution >= 4 is 17.4 Å². The highest BCUT2D eigenvalue weighted by Gasteiger charge is 2.15. The van der Waals surface area contributed by atoms with Crippen LogP contribution in [0.5, 0.6) is 5.75 Å². The molecule has 1 unspecified atom stereocenters. The van der Waals surface area contributed by atoms with E-state index in [1.807, 2.05) is 25.2 Å². The third-order valence-electron chi connectivity index (χ3n) is 3.40. The van der Waals surface area contributed by atoms with Crippen molar-refractivity contribution in [3.05, 3.63) is 71.9 Å². The first kappa shape index (κ1) is 18.2. The highest BCUT2D eigenvalue weighted by atomic mass is 16.5. The van der Waals surface area contributed by atoms with Gasteiger partial charge < -0.3 is 21.3 Å². The number of hydrogen-bond acceptors (Lipinski definition) is 3. The van der Waals surface area contributed by atoms with E-state index in [1.165, 1.54) is 0 Å². The third kappa shape index (κ3) is 5.19. The highest BCUT2D eigenvalue weighted by molar-refractivity contribution is 6.02. The number of nitrogens with zero attached hydrogens (tertiary/aromatic N) is 1. The predicted octanol–water partition coefficient (Wildman–Crippen LogP) is 1.93. The standard InChI is InChI=1S/C19H21N3O3/c1-2-5-15(23)7-4-3-6-13-10-11-25-17-9-8-14(12-16(13)17)18(24)22-19(20)21/h2-10,12,15,23H,11H2,1H3,(H4,20,21,22,24)/b5-2-,6-3+,7-4?. The molecule has 0 aliphatic carbocycles. The number of carbonyl (C=O) groups is 1. The van der Waals surface area contributed by atoms with Gasteiger partial charge in [-0.05, 0) is 36.8 Å². The summed E-state index contributed by atoms with van der Waals surface area (Å²) in [6, 6.07) is 5.03. The SMILES string of the molecule is C/C=C\C(O)C=C/C=C/C1=CCOc2ccc(C(=O)N=C(N)N)cc21. The summed E-state index contributed by atoms with van der Waals surface area (Å²) in [6.45, 7) is 2.29. The van der Waals surface area contributed by atoms with E-state index < -0.39 is 12.0 Å². The van der Waals surface area contributed by atoms with Gasteiger partial charge in [-0.25, -0.2) is 0 Å². The monoisotopic (exact) mass is 339 g/mol. The molecule has 1 heterocycles. The number of aliphatic imine (C=N–C) groups is 1. The lowest BCUT2D eigenvalue weighted by Gasteiger charge is -2.17. The fourth-order valence-corrected chi connectivity index (χ4v) is 2.28. The summed E-state index contributed by atoms with van der Waals surface area (Å²) in [5.41, 5.74) is 12.6. The number of rotatable bonds is 5. The van der Waals surface area contributed by atoms with E-state index in [0.717, 1.165) is 11.1 Å². The van der Waals surface area contributed by atoms with Crippen LogP contribution in [0.25, 0.3) is 5.57 Å². The van der Waals surface area contributed by atoms with Gasteiger partial charge in [-0.15, -0.1) is 0 Å². The maximum absolute atomic E-state index is 12.0. The van der Waals surface area contributed by atoms with Crippen molar-refractivity contribution in [2.75, 3.05) is 6.61 Å². The molecule has 0 fully saturated rings. The van der Waals surface area contributed by atoms with Crippen molar-refractivity contribution in [1.29, 1.82) is 0 Å². The number of hydrogen-bond donors (Lipinski definition) is 3. The summed E-state index contributed by atoms with van der Waals surface area (Å²) in [6.07, 6.45) is 11.9. The van der Waals surface area contributed by atoms with Crippen LogP contribution in [-0.4, -0.2) is 29.7 Å². The summed E-state index contributed by atoms with van der Waals surface area (Å²) >= 11 is 0. The highest BCUT2D eigenvalue weighted by Crippen LogP contribution is 2.31. The van der Waals surface area contributed by atoms with E-state index in [0.29, 0.717) is 17.9 Å². The lowest BCUT2D eigenvalue weighted by molar-refractivity contribution is 0.100. The predicted molar refractivity (Wildman–Crippen MR) is 99.2 cm³/mol. The Morgan fingerprint density at radius 1 is 1.32 bits per heavy atom. The normalized spacial score (nSPS) is 15.0. The van der Waals surface area contributed by atoms with Crippen LogP contribution in [0.2, 0.25) is 0 Å². The van der Waals surface area contributed by atoms with E-state index in [2.05, 4.69) is 4.99 Å². The molecular formula is C19H21N3O3. The Balaban J connectivity index is 2.22. The second-order valence-corrected chi connectivity index (χ2v) is 5.28. The first-order valence-electron chi connectivity index (χ1n) is 7.78. The Labute approximate surface area is 146 Å². The molecule has 0 spiro atoms. The molecule has 1 aromatic rings. The molecule has 1 aromatic carbocycles. The van der Waals surface area contributed by atoms with Gasteiger partial charge in [0.15, 0.2) is 5.96 Å². The number of amides is 1. The van der Waals surface area contributed by atoms with E-state index in [9.17, 15) is 9.90 Å². The maximum Gasteiger partial charge on any atom is 0.280 e. The van der Waals surface area contributed by atoms with Crippen molar-refractivity contribution in [3.63, 3.8) is 0 Å². The van der Waals surface area contributed by atoms with Crippen LogP contribution in [-0.2, 0) is 0 Å². The molecule has 0 aromatic heterocycles. The van der Waals surface area contributed by atoms with Crippen LogP contribution in [0, 0.1) is 0 Å². The average molecular weight is 339 g/mol. The second kappa shape index (κ2) is 8.65. The zero-order valence-corrected chi connectivity index (χ0v) is 13.9. The van der Waals surface area contributed by atoms with Crippen molar-refractivity contribution in [2.45, 2.75) is 13.0 Å². The van der Waals surface area contributed by atoms with Gasteiger partial charge in [0.2, 0.25) is 0 Å². The summed E-state index contributed by atoms with van der Waals surface area (Å²) in [4.78, 5) is 15.5. The van der Waals surface area contributed by atoms with Crippen LogP contribution < -0.4 is 16.2 Å². The Kier molecular flexibility index (Phi) is 6.31. The molecule has 0 saturated heterocycles. The van der Waals surface area contributed by atoms with E-state index in [1.54, 1.807) is 42.5 Å². The molecule has 5 N–H and O–H groups in total. The minimum Gasteiger partial charge on any atom is -0.489 e. The number of ether oxygens (including phenoxy) is 1. The Morgan fingerprint density at radius 3 is 2.84 bits per heavy atom. The van der Waals surface area contributed by atoms with Gasteiger partial charge in [-0.1, -0.05) is 36.5 Å². The molecule has 1 atom stereocenters. The first-order valence-corrected chi connectivity index (χ1v) is 7.78. The molecule has 1 aliphatic heterocycles. The smallest absolute Gasteiger partial charge is 0.280 e. The summed E-state index contributed by atoms with van der Waals surface area (Å²) in [5.74, 6) is -0.105. The number of nitrogens with two attached hydrogens (primary N) is 2. The molecule has 0 bridgehead atoms. The molecule has 25 heavy (non-hydrogen) atoms. The summed E-state index contributed by atoms with van der Waals surface area (Å²) in [7, 11) is 0. The fraction of sp³-hybridized carbons (Fsp3) is 0.158. The lowest BCUT2D eigenvalue weighted by atomic mass is 9.99. The molecule has 0 saturated carbocycles. The van der Waals surface area contributed by atoms with E-state index in [4.69, 9.17) is 16.2 Å². The number of aliphatic hydroxyl groups is 1. The zero-order valence-electron chi connectivity index (χ0n) is 13.9. The molecule has 2 rings (SSSR count). The Morgan fingerprint density at radius 2 is 2.12 bits per heavy atom. The number of carbonyl (C=O) groups excluding carboxylic acids is 1. The van der Waals surface area contributed by atoms with Gasteiger partial charge in [0.25, 0.3) is 5.91 Å². The minimum absolute atomic E-state index is 0.278. The zero-order chi connectivity index (χ0) is 18.2. The van der Waals surface area contributed by atoms with Gasteiger partial charge >= 0.3 is 0 Å². The van der Waals surface area contributed by atoms with Crippen LogP contribution >= 0.6 is 0 Å².